The molecule has 0 heterocycles. The molecule has 2 rings (SSSR count). The van der Waals surface area contributed by atoms with Crippen molar-refractivity contribution in [1.82, 2.24) is 4.72 Å². The Morgan fingerprint density at radius 2 is 1.90 bits per heavy atom. The minimum Gasteiger partial charge on any atom is -0.456 e. The molecule has 2 aromatic carbocycles. The van der Waals surface area contributed by atoms with Crippen molar-refractivity contribution in [3.05, 3.63) is 59.2 Å². The van der Waals surface area contributed by atoms with Gasteiger partial charge in [0.25, 0.3) is 5.91 Å². The lowest BCUT2D eigenvalue weighted by molar-refractivity contribution is -0.147. The number of aryl methyl sites for hydroxylation is 2. The van der Waals surface area contributed by atoms with E-state index in [2.05, 4.69) is 10.0 Å². The molecule has 0 fully saturated rings. The number of sulfonamides is 1. The maximum Gasteiger partial charge on any atom is 0.307 e. The number of nitrogens with one attached hydrogen (secondary N) is 2. The number of amides is 1. The number of hydrogen-bond donors (Lipinski definition) is 2. The van der Waals surface area contributed by atoms with Crippen molar-refractivity contribution in [3.8, 4) is 6.07 Å². The lowest BCUT2D eigenvalue weighted by atomic mass is 10.2. The fraction of sp³-hybridized carbons (Fsp3) is 0.250. The van der Waals surface area contributed by atoms with E-state index in [0.717, 1.165) is 5.56 Å². The third-order valence-electron chi connectivity index (χ3n) is 3.89. The number of ether oxygens (including phenoxy) is 1. The summed E-state index contributed by atoms with van der Waals surface area (Å²) in [5.41, 5.74) is 2.20. The van der Waals surface area contributed by atoms with Crippen LogP contribution in [-0.2, 0) is 24.3 Å². The minimum atomic E-state index is -3.75. The molecule has 152 valence electrons. The number of nitriles is 1. The van der Waals surface area contributed by atoms with Gasteiger partial charge in [-0.3, -0.25) is 9.59 Å². The Morgan fingerprint density at radius 3 is 2.62 bits per heavy atom. The molecule has 2 aromatic rings. The number of carbonyl (C=O) groups is 2. The Balaban J connectivity index is 1.79. The van der Waals surface area contributed by atoms with Crippen LogP contribution in [0.3, 0.4) is 0 Å². The highest BCUT2D eigenvalue weighted by atomic mass is 32.2. The third-order valence-corrected chi connectivity index (χ3v) is 5.50. The summed E-state index contributed by atoms with van der Waals surface area (Å²) in [4.78, 5) is 23.7. The van der Waals surface area contributed by atoms with E-state index in [-0.39, 0.29) is 17.9 Å². The second-order valence-electron chi connectivity index (χ2n) is 6.32. The highest BCUT2D eigenvalue weighted by Crippen LogP contribution is 2.16. The molecule has 0 bridgehead atoms. The standard InChI is InChI=1S/C20H21N3O5S/c1-14-6-7-15(2)18(10-14)29(26,27)22-9-8-20(25)28-13-19(24)23-17-5-3-4-16(11-17)12-21/h3-7,10-11,22H,8-9,13H2,1-2H3,(H,23,24). The van der Waals surface area contributed by atoms with E-state index < -0.39 is 28.5 Å². The summed E-state index contributed by atoms with van der Waals surface area (Å²) in [5.74, 6) is -1.28. The lowest BCUT2D eigenvalue weighted by Crippen LogP contribution is -2.28. The van der Waals surface area contributed by atoms with Crippen LogP contribution in [0, 0.1) is 25.2 Å². The zero-order chi connectivity index (χ0) is 21.4. The molecule has 2 N–H and O–H groups in total. The molecule has 0 unspecified atom stereocenters. The second-order valence-corrected chi connectivity index (χ2v) is 8.05. The summed E-state index contributed by atoms with van der Waals surface area (Å²) >= 11 is 0. The molecule has 0 aliphatic heterocycles. The van der Waals surface area contributed by atoms with Gasteiger partial charge in [0.15, 0.2) is 6.61 Å². The van der Waals surface area contributed by atoms with Crippen molar-refractivity contribution in [2.75, 3.05) is 18.5 Å². The maximum absolute atomic E-state index is 12.4. The first-order valence-electron chi connectivity index (χ1n) is 8.74. The molecule has 9 heteroatoms. The Bertz CT molecular complexity index is 1060. The first kappa shape index (κ1) is 22.1. The quantitative estimate of drug-likeness (QED) is 0.636. The zero-order valence-corrected chi connectivity index (χ0v) is 16.9. The van der Waals surface area contributed by atoms with Gasteiger partial charge in [0.2, 0.25) is 10.0 Å². The van der Waals surface area contributed by atoms with Gasteiger partial charge in [0.1, 0.15) is 0 Å². The molecule has 0 saturated carbocycles. The fourth-order valence-electron chi connectivity index (χ4n) is 2.44. The summed E-state index contributed by atoms with van der Waals surface area (Å²) in [7, 11) is -3.75. The van der Waals surface area contributed by atoms with Gasteiger partial charge in [-0.1, -0.05) is 18.2 Å². The summed E-state index contributed by atoms with van der Waals surface area (Å²) in [6.07, 6.45) is -0.221. The predicted octanol–water partition coefficient (Wildman–Crippen LogP) is 2.03. The van der Waals surface area contributed by atoms with Crippen LogP contribution in [0.5, 0.6) is 0 Å². The van der Waals surface area contributed by atoms with Crippen LogP contribution in [0.4, 0.5) is 5.69 Å². The van der Waals surface area contributed by atoms with Gasteiger partial charge in [-0.25, -0.2) is 13.1 Å². The number of carbonyl (C=O) groups excluding carboxylic acids is 2. The summed E-state index contributed by atoms with van der Waals surface area (Å²) in [6, 6.07) is 13.3. The van der Waals surface area contributed by atoms with E-state index >= 15 is 0 Å². The van der Waals surface area contributed by atoms with Gasteiger partial charge in [-0.2, -0.15) is 5.26 Å². The van der Waals surface area contributed by atoms with Crippen molar-refractivity contribution in [1.29, 1.82) is 5.26 Å². The Hall–Kier alpha value is -3.22. The normalized spacial score (nSPS) is 10.8. The van der Waals surface area contributed by atoms with Gasteiger partial charge in [-0.05, 0) is 49.2 Å². The predicted molar refractivity (Wildman–Crippen MR) is 106 cm³/mol. The van der Waals surface area contributed by atoms with Crippen molar-refractivity contribution < 1.29 is 22.7 Å². The Kier molecular flexibility index (Phi) is 7.47. The van der Waals surface area contributed by atoms with E-state index in [9.17, 15) is 18.0 Å². The number of hydrogen-bond acceptors (Lipinski definition) is 6. The van der Waals surface area contributed by atoms with Crippen LogP contribution in [0.2, 0.25) is 0 Å². The molecule has 0 aliphatic carbocycles. The molecule has 0 saturated heterocycles. The summed E-state index contributed by atoms with van der Waals surface area (Å²) < 4.78 is 31.9. The van der Waals surface area contributed by atoms with Crippen LogP contribution >= 0.6 is 0 Å². The average Bonchev–Trinajstić information content (AvgIpc) is 2.68. The van der Waals surface area contributed by atoms with Crippen molar-refractivity contribution in [2.24, 2.45) is 0 Å². The zero-order valence-electron chi connectivity index (χ0n) is 16.1. The number of rotatable bonds is 8. The Labute approximate surface area is 169 Å². The maximum atomic E-state index is 12.4. The summed E-state index contributed by atoms with van der Waals surface area (Å²) in [6.45, 7) is 2.81. The molecule has 8 nitrogen and oxygen atoms in total. The van der Waals surface area contributed by atoms with E-state index in [0.29, 0.717) is 16.8 Å². The van der Waals surface area contributed by atoms with Crippen molar-refractivity contribution in [3.63, 3.8) is 0 Å². The minimum absolute atomic E-state index is 0.152. The van der Waals surface area contributed by atoms with E-state index in [4.69, 9.17) is 10.00 Å². The van der Waals surface area contributed by atoms with Gasteiger partial charge >= 0.3 is 5.97 Å². The van der Waals surface area contributed by atoms with E-state index in [1.165, 1.54) is 6.07 Å². The monoisotopic (exact) mass is 415 g/mol. The third kappa shape index (κ3) is 6.71. The van der Waals surface area contributed by atoms with Crippen molar-refractivity contribution in [2.45, 2.75) is 25.2 Å². The molecule has 29 heavy (non-hydrogen) atoms. The van der Waals surface area contributed by atoms with Crippen LogP contribution in [0.15, 0.2) is 47.4 Å². The van der Waals surface area contributed by atoms with Crippen LogP contribution in [0.25, 0.3) is 0 Å². The molecule has 1 amide bonds. The van der Waals surface area contributed by atoms with Gasteiger partial charge in [0.05, 0.1) is 22.9 Å². The molecule has 0 aromatic heterocycles. The largest absolute Gasteiger partial charge is 0.456 e. The van der Waals surface area contributed by atoms with Crippen LogP contribution in [-0.4, -0.2) is 33.4 Å². The van der Waals surface area contributed by atoms with E-state index in [1.54, 1.807) is 44.2 Å². The Morgan fingerprint density at radius 1 is 1.14 bits per heavy atom. The average molecular weight is 415 g/mol. The molecule has 0 aliphatic rings. The molecular formula is C20H21N3O5S. The smallest absolute Gasteiger partial charge is 0.307 e. The number of benzene rings is 2. The molecule has 0 atom stereocenters. The first-order chi connectivity index (χ1) is 13.7. The van der Waals surface area contributed by atoms with Crippen molar-refractivity contribution >= 4 is 27.6 Å². The fourth-order valence-corrected chi connectivity index (χ4v) is 3.80. The number of anilines is 1. The highest BCUT2D eigenvalue weighted by Gasteiger charge is 2.17. The number of nitrogens with zero attached hydrogens (tertiary/aromatic N) is 1. The number of esters is 1. The molecule has 0 spiro atoms. The van der Waals surface area contributed by atoms with Crippen LogP contribution in [0.1, 0.15) is 23.1 Å². The molecule has 0 radical (unpaired) electrons. The van der Waals surface area contributed by atoms with Gasteiger partial charge in [0, 0.05) is 12.2 Å². The van der Waals surface area contributed by atoms with E-state index in [1.807, 2.05) is 12.1 Å². The molecular weight excluding hydrogens is 394 g/mol. The van der Waals surface area contributed by atoms with Crippen LogP contribution < -0.4 is 10.0 Å². The first-order valence-corrected chi connectivity index (χ1v) is 10.2. The second kappa shape index (κ2) is 9.82. The SMILES string of the molecule is Cc1ccc(C)c(S(=O)(=O)NCCC(=O)OCC(=O)Nc2cccc(C#N)c2)c1. The highest BCUT2D eigenvalue weighted by molar-refractivity contribution is 7.89. The van der Waals surface area contributed by atoms with Gasteiger partial charge < -0.3 is 10.1 Å². The van der Waals surface area contributed by atoms with Gasteiger partial charge in [-0.15, -0.1) is 0 Å². The summed E-state index contributed by atoms with van der Waals surface area (Å²) in [5, 5.41) is 11.3. The topological polar surface area (TPSA) is 125 Å². The lowest BCUT2D eigenvalue weighted by Gasteiger charge is -2.10.